The van der Waals surface area contributed by atoms with Crippen molar-refractivity contribution in [2.45, 2.75) is 117 Å². The maximum atomic E-state index is 12.6. The average molecular weight is 856 g/mol. The fourth-order valence-corrected chi connectivity index (χ4v) is 8.87. The number of piperidine rings is 1. The summed E-state index contributed by atoms with van der Waals surface area (Å²) in [7, 11) is 0. The van der Waals surface area contributed by atoms with Gasteiger partial charge in [-0.3, -0.25) is 14.7 Å². The van der Waals surface area contributed by atoms with Crippen LogP contribution in [0.1, 0.15) is 69.4 Å². The van der Waals surface area contributed by atoms with Gasteiger partial charge in [0.2, 0.25) is 5.91 Å². The molecule has 3 aromatic rings. The van der Waals surface area contributed by atoms with Crippen LogP contribution in [-0.4, -0.2) is 127 Å². The van der Waals surface area contributed by atoms with E-state index < -0.39 is 48.7 Å². The van der Waals surface area contributed by atoms with Gasteiger partial charge in [0.15, 0.2) is 5.72 Å². The van der Waals surface area contributed by atoms with Gasteiger partial charge in [-0.05, 0) is 79.7 Å². The van der Waals surface area contributed by atoms with Gasteiger partial charge in [-0.25, -0.2) is 4.79 Å². The van der Waals surface area contributed by atoms with Crippen LogP contribution >= 0.6 is 23.4 Å². The number of alkyl halides is 1. The van der Waals surface area contributed by atoms with Crippen molar-refractivity contribution in [2.75, 3.05) is 38.5 Å². The lowest BCUT2D eigenvalue weighted by molar-refractivity contribution is -0.223. The number of nitrogens with zero attached hydrogens (tertiary/aromatic N) is 2. The molecule has 322 valence electrons. The molecule has 8 N–H and O–H groups in total. The molecule has 2 aromatic carbocycles. The standard InChI is InChI=1S/C43H58ClN5O9S/c1-28(51)47-27-43(56,40(54)39(53)36(52)25-50)49-19-15-30(16-20-49)48-41(55)46-17-5-2-6-21-59-32-9-7-8-29(22-32)26-57-42(23-38(42)44)35-24-45-18-14-33(35)34-10-3-4-11-37(34)58-31-12-13-31/h3-4,7-11,14,18,22,24,30-31,36,38-40,50,52-54,56H,2,5-6,12-13,15-17,19-21,23,25-27H2,1H3,(H,47,51)(H2,46,48,55)/t36-,38?,39-,40-,42?,43+/m1/s1. The molecule has 0 radical (unpaired) electrons. The number of unbranched alkanes of at least 4 members (excludes halogenated alkanes) is 2. The molecule has 6 rings (SSSR count). The highest BCUT2D eigenvalue weighted by molar-refractivity contribution is 7.99. The second kappa shape index (κ2) is 20.8. The number of para-hydroxylation sites is 1. The highest BCUT2D eigenvalue weighted by Crippen LogP contribution is 2.56. The van der Waals surface area contributed by atoms with Gasteiger partial charge in [-0.2, -0.15) is 0 Å². The fourth-order valence-electron chi connectivity index (χ4n) is 7.47. The number of hydrogen-bond acceptors (Lipinski definition) is 12. The van der Waals surface area contributed by atoms with Crippen molar-refractivity contribution in [1.29, 1.82) is 0 Å². The van der Waals surface area contributed by atoms with E-state index in [9.17, 15) is 35.1 Å². The van der Waals surface area contributed by atoms with E-state index in [2.05, 4.69) is 51.3 Å². The Balaban J connectivity index is 0.894. The van der Waals surface area contributed by atoms with Crippen LogP contribution in [0.3, 0.4) is 0 Å². The van der Waals surface area contributed by atoms with Gasteiger partial charge in [0.05, 0.1) is 31.2 Å². The number of carbonyl (C=O) groups is 2. The van der Waals surface area contributed by atoms with Gasteiger partial charge in [-0.1, -0.05) is 36.8 Å². The summed E-state index contributed by atoms with van der Waals surface area (Å²) in [5, 5.41) is 59.6. The minimum Gasteiger partial charge on any atom is -0.490 e. The number of urea groups is 1. The number of hydrogen-bond donors (Lipinski definition) is 8. The molecule has 0 spiro atoms. The quantitative estimate of drug-likeness (QED) is 0.0415. The largest absolute Gasteiger partial charge is 0.490 e. The summed E-state index contributed by atoms with van der Waals surface area (Å²) in [5.41, 5.74) is 1.37. The molecule has 3 aliphatic rings. The fraction of sp³-hybridized carbons (Fsp3) is 0.558. The van der Waals surface area contributed by atoms with Gasteiger partial charge < -0.3 is 51.0 Å². The third-order valence-electron chi connectivity index (χ3n) is 11.2. The molecule has 1 saturated heterocycles. The van der Waals surface area contributed by atoms with Crippen molar-refractivity contribution >= 4 is 35.3 Å². The summed E-state index contributed by atoms with van der Waals surface area (Å²) in [4.78, 5) is 31.3. The Hall–Kier alpha value is -3.51. The van der Waals surface area contributed by atoms with Crippen LogP contribution in [0.5, 0.6) is 5.75 Å². The summed E-state index contributed by atoms with van der Waals surface area (Å²) in [6, 6.07) is 18.1. The number of thioether (sulfide) groups is 1. The van der Waals surface area contributed by atoms with Crippen LogP contribution in [0.15, 0.2) is 71.9 Å². The molecular weight excluding hydrogens is 798 g/mol. The van der Waals surface area contributed by atoms with E-state index in [4.69, 9.17) is 21.1 Å². The third kappa shape index (κ3) is 11.9. The molecule has 59 heavy (non-hydrogen) atoms. The number of aliphatic hydroxyl groups excluding tert-OH is 4. The van der Waals surface area contributed by atoms with Crippen LogP contribution in [0.25, 0.3) is 11.1 Å². The molecule has 14 nitrogen and oxygen atoms in total. The lowest BCUT2D eigenvalue weighted by Crippen LogP contribution is -2.68. The lowest BCUT2D eigenvalue weighted by Gasteiger charge is -2.47. The van der Waals surface area contributed by atoms with E-state index in [1.54, 1.807) is 18.0 Å². The predicted molar refractivity (Wildman–Crippen MR) is 225 cm³/mol. The zero-order valence-corrected chi connectivity index (χ0v) is 35.0. The van der Waals surface area contributed by atoms with E-state index in [-0.39, 0.29) is 36.6 Å². The molecule has 6 atom stereocenters. The first-order chi connectivity index (χ1) is 28.4. The van der Waals surface area contributed by atoms with Gasteiger partial charge >= 0.3 is 6.03 Å². The molecule has 16 heteroatoms. The number of likely N-dealkylation sites (tertiary alicyclic amines) is 1. The van der Waals surface area contributed by atoms with E-state index in [0.29, 0.717) is 32.4 Å². The van der Waals surface area contributed by atoms with Crippen molar-refractivity contribution in [1.82, 2.24) is 25.8 Å². The van der Waals surface area contributed by atoms with Gasteiger partial charge in [-0.15, -0.1) is 23.4 Å². The molecule has 2 aliphatic carbocycles. The first-order valence-electron chi connectivity index (χ1n) is 20.5. The molecule has 2 unspecified atom stereocenters. The Morgan fingerprint density at radius 1 is 1.02 bits per heavy atom. The van der Waals surface area contributed by atoms with Crippen LogP contribution in [-0.2, 0) is 21.7 Å². The summed E-state index contributed by atoms with van der Waals surface area (Å²) < 4.78 is 12.9. The van der Waals surface area contributed by atoms with Crippen molar-refractivity contribution in [3.8, 4) is 16.9 Å². The number of carbonyl (C=O) groups excluding carboxylic acids is 2. The zero-order valence-electron chi connectivity index (χ0n) is 33.5. The molecule has 1 aliphatic heterocycles. The molecule has 3 fully saturated rings. The van der Waals surface area contributed by atoms with E-state index in [1.807, 2.05) is 30.5 Å². The number of amides is 3. The minimum absolute atomic E-state index is 0.160. The number of halogens is 1. The third-order valence-corrected chi connectivity index (χ3v) is 12.8. The first kappa shape index (κ1) is 45.0. The summed E-state index contributed by atoms with van der Waals surface area (Å²) in [6.07, 6.45) is 5.04. The molecule has 1 aromatic heterocycles. The first-order valence-corrected chi connectivity index (χ1v) is 22.0. The van der Waals surface area contributed by atoms with Crippen LogP contribution in [0.4, 0.5) is 4.79 Å². The SMILES string of the molecule is CC(=O)NC[C@](O)([C@H](O)[C@H](O)[C@H](O)CO)N1CCC(NC(=O)NCCCCCSc2cccc(COC3(c4cnccc4-c4ccccc4OC4CC4)CC3Cl)c2)CC1. The average Bonchev–Trinajstić information content (AvgIpc) is 4.19. The highest BCUT2D eigenvalue weighted by Gasteiger charge is 2.57. The van der Waals surface area contributed by atoms with Crippen molar-refractivity contribution in [2.24, 2.45) is 0 Å². The predicted octanol–water partition coefficient (Wildman–Crippen LogP) is 3.64. The van der Waals surface area contributed by atoms with Gasteiger partial charge in [0.25, 0.3) is 0 Å². The second-order valence-electron chi connectivity index (χ2n) is 15.8. The van der Waals surface area contributed by atoms with Crippen molar-refractivity contribution < 1.29 is 44.6 Å². The van der Waals surface area contributed by atoms with E-state index >= 15 is 0 Å². The topological polar surface area (TPSA) is 206 Å². The highest BCUT2D eigenvalue weighted by atomic mass is 35.5. The maximum Gasteiger partial charge on any atom is 0.315 e. The second-order valence-corrected chi connectivity index (χ2v) is 17.5. The zero-order chi connectivity index (χ0) is 42.0. The molecular formula is C43H58ClN5O9S. The smallest absolute Gasteiger partial charge is 0.315 e. The van der Waals surface area contributed by atoms with Crippen molar-refractivity contribution in [3.63, 3.8) is 0 Å². The van der Waals surface area contributed by atoms with E-state index in [0.717, 1.165) is 70.8 Å². The van der Waals surface area contributed by atoms with E-state index in [1.165, 1.54) is 11.8 Å². The number of rotatable bonds is 22. The summed E-state index contributed by atoms with van der Waals surface area (Å²) in [5.74, 6) is 1.35. The molecule has 3 amide bonds. The van der Waals surface area contributed by atoms with Gasteiger partial charge in [0.1, 0.15) is 29.7 Å². The molecule has 2 heterocycles. The number of pyridine rings is 1. The number of aliphatic hydroxyl groups is 5. The Morgan fingerprint density at radius 2 is 1.78 bits per heavy atom. The lowest BCUT2D eigenvalue weighted by atomic mass is 9.92. The normalized spacial score (nSPS) is 22.1. The molecule has 0 bridgehead atoms. The summed E-state index contributed by atoms with van der Waals surface area (Å²) >= 11 is 8.61. The number of aromatic nitrogens is 1. The number of ether oxygens (including phenoxy) is 2. The minimum atomic E-state index is -2.11. The monoisotopic (exact) mass is 855 g/mol. The maximum absolute atomic E-state index is 12.6. The van der Waals surface area contributed by atoms with Gasteiger partial charge in [0, 0.05) is 67.4 Å². The number of nitrogens with one attached hydrogen (secondary N) is 3. The van der Waals surface area contributed by atoms with Crippen LogP contribution in [0.2, 0.25) is 0 Å². The Labute approximate surface area is 355 Å². The summed E-state index contributed by atoms with van der Waals surface area (Å²) in [6.45, 7) is 1.44. The molecule has 2 saturated carbocycles. The Kier molecular flexibility index (Phi) is 15.9. The van der Waals surface area contributed by atoms with Crippen molar-refractivity contribution in [3.05, 3.63) is 78.1 Å². The van der Waals surface area contributed by atoms with Crippen LogP contribution in [0, 0.1) is 0 Å². The Morgan fingerprint density at radius 3 is 2.49 bits per heavy atom. The van der Waals surface area contributed by atoms with Crippen LogP contribution < -0.4 is 20.7 Å². The Bertz CT molecular complexity index is 1850. The number of benzene rings is 2.